The van der Waals surface area contributed by atoms with E-state index >= 15 is 0 Å². The molecule has 2 fully saturated rings. The van der Waals surface area contributed by atoms with Gasteiger partial charge in [0, 0.05) is 11.5 Å². The van der Waals surface area contributed by atoms with Crippen LogP contribution in [0.2, 0.25) is 0 Å². The first kappa shape index (κ1) is 29.5. The average molecular weight is 575 g/mol. The molecule has 2 aromatic carbocycles. The van der Waals surface area contributed by atoms with Crippen molar-refractivity contribution in [2.24, 2.45) is 29.4 Å². The van der Waals surface area contributed by atoms with Gasteiger partial charge in [-0.3, -0.25) is 28.9 Å². The van der Waals surface area contributed by atoms with Gasteiger partial charge < -0.3 is 21.1 Å². The fourth-order valence-electron chi connectivity index (χ4n) is 7.19. The Morgan fingerprint density at radius 2 is 1.67 bits per heavy atom. The second-order valence-electron chi connectivity index (χ2n) is 11.8. The standard InChI is InChI=1S/C32H34N2O8/c1-5-15-6-8-16(9-7-15)10-11-17-12-13-18-14(2)19-21(26(36)20(18)25(17)35)29(39)32(42)23(27(19)37)24(34(3)4)28(38)22(30(32)40)31(33)41/h6-14,19,21-24,27,35,37,42H,5H2,1-4H3,(H2,33,41)/t14-,19+,21?,22?,23+,24-,27-,32-/m0/s1. The molecule has 0 heterocycles. The number of aliphatic hydroxyl groups is 2. The number of nitrogens with zero attached hydrogens (tertiary/aromatic N) is 1. The third-order valence-corrected chi connectivity index (χ3v) is 9.36. The highest BCUT2D eigenvalue weighted by molar-refractivity contribution is 6.32. The lowest BCUT2D eigenvalue weighted by molar-refractivity contribution is -0.196. The minimum atomic E-state index is -3.02. The zero-order valence-electron chi connectivity index (χ0n) is 23.8. The summed E-state index contributed by atoms with van der Waals surface area (Å²) >= 11 is 0. The number of hydrogen-bond acceptors (Lipinski definition) is 9. The van der Waals surface area contributed by atoms with Crippen LogP contribution in [-0.2, 0) is 25.6 Å². The molecule has 0 spiro atoms. The quantitative estimate of drug-likeness (QED) is 0.301. The predicted octanol–water partition coefficient (Wildman–Crippen LogP) is 1.13. The van der Waals surface area contributed by atoms with E-state index in [1.165, 1.54) is 24.6 Å². The largest absolute Gasteiger partial charge is 0.507 e. The molecule has 0 aromatic heterocycles. The number of phenols is 1. The van der Waals surface area contributed by atoms with Crippen LogP contribution in [0.15, 0.2) is 36.4 Å². The summed E-state index contributed by atoms with van der Waals surface area (Å²) in [6, 6.07) is 9.70. The van der Waals surface area contributed by atoms with E-state index in [1.807, 2.05) is 31.2 Å². The number of hydrogen-bond donors (Lipinski definition) is 4. The average Bonchev–Trinajstić information content (AvgIpc) is 2.94. The number of primary amides is 1. The van der Waals surface area contributed by atoms with Gasteiger partial charge in [0.1, 0.15) is 5.75 Å². The molecule has 10 nitrogen and oxygen atoms in total. The fraction of sp³-hybridized carbons (Fsp3) is 0.406. The zero-order valence-corrected chi connectivity index (χ0v) is 23.8. The molecule has 0 saturated heterocycles. The maximum Gasteiger partial charge on any atom is 0.235 e. The highest BCUT2D eigenvalue weighted by Gasteiger charge is 2.72. The van der Waals surface area contributed by atoms with E-state index in [-0.39, 0.29) is 11.3 Å². The van der Waals surface area contributed by atoms with Crippen LogP contribution in [0.1, 0.15) is 52.4 Å². The molecule has 0 bridgehead atoms. The fourth-order valence-corrected chi connectivity index (χ4v) is 7.19. The number of carbonyl (C=O) groups is 5. The molecule has 3 aliphatic rings. The number of likely N-dealkylation sites (N-methyl/N-ethyl adjacent to an activating group) is 1. The van der Waals surface area contributed by atoms with Gasteiger partial charge in [-0.05, 0) is 43.1 Å². The molecule has 42 heavy (non-hydrogen) atoms. The van der Waals surface area contributed by atoms with Crippen molar-refractivity contribution in [3.63, 3.8) is 0 Å². The summed E-state index contributed by atoms with van der Waals surface area (Å²) in [5.74, 6) is -13.4. The number of aryl methyl sites for hydroxylation is 1. The van der Waals surface area contributed by atoms with Crippen LogP contribution in [0.3, 0.4) is 0 Å². The van der Waals surface area contributed by atoms with Gasteiger partial charge in [0.05, 0.1) is 29.5 Å². The molecule has 5 rings (SSSR count). The molecule has 2 aromatic rings. The summed E-state index contributed by atoms with van der Waals surface area (Å²) in [6.07, 6.45) is 2.64. The van der Waals surface area contributed by atoms with Gasteiger partial charge in [0.2, 0.25) is 5.91 Å². The van der Waals surface area contributed by atoms with Crippen LogP contribution >= 0.6 is 0 Å². The van der Waals surface area contributed by atoms with Crippen molar-refractivity contribution < 1.29 is 39.3 Å². The van der Waals surface area contributed by atoms with Crippen molar-refractivity contribution in [3.8, 4) is 5.75 Å². The summed E-state index contributed by atoms with van der Waals surface area (Å²) in [6.45, 7) is 3.73. The van der Waals surface area contributed by atoms with Crippen molar-refractivity contribution in [2.75, 3.05) is 14.1 Å². The number of aromatic hydroxyl groups is 1. The second kappa shape index (κ2) is 10.4. The topological polar surface area (TPSA) is 175 Å². The van der Waals surface area contributed by atoms with Crippen molar-refractivity contribution >= 4 is 41.2 Å². The van der Waals surface area contributed by atoms with Crippen LogP contribution in [0.5, 0.6) is 5.75 Å². The lowest BCUT2D eigenvalue weighted by atomic mass is 9.49. The molecule has 220 valence electrons. The molecular weight excluding hydrogens is 540 g/mol. The molecular formula is C32H34N2O8. The minimum absolute atomic E-state index is 0.134. The third kappa shape index (κ3) is 4.08. The van der Waals surface area contributed by atoms with E-state index in [1.54, 1.807) is 31.2 Å². The number of benzene rings is 2. The smallest absolute Gasteiger partial charge is 0.235 e. The molecule has 2 unspecified atom stereocenters. The number of ketones is 4. The molecule has 5 N–H and O–H groups in total. The van der Waals surface area contributed by atoms with Crippen LogP contribution in [-0.4, -0.2) is 81.1 Å². The van der Waals surface area contributed by atoms with E-state index in [9.17, 15) is 39.3 Å². The Balaban J connectivity index is 1.61. The summed E-state index contributed by atoms with van der Waals surface area (Å²) in [4.78, 5) is 68.2. The molecule has 8 atom stereocenters. The van der Waals surface area contributed by atoms with Crippen molar-refractivity contribution in [1.82, 2.24) is 4.90 Å². The second-order valence-corrected chi connectivity index (χ2v) is 11.8. The number of rotatable bonds is 5. The number of Topliss-reactive ketones (excluding diaryl/α,β-unsaturated/α-hetero) is 4. The van der Waals surface area contributed by atoms with E-state index in [4.69, 9.17) is 5.73 Å². The van der Waals surface area contributed by atoms with Crippen LogP contribution in [0.25, 0.3) is 12.2 Å². The molecule has 2 saturated carbocycles. The molecule has 0 radical (unpaired) electrons. The number of fused-ring (bicyclic) bond motifs is 3. The lowest BCUT2D eigenvalue weighted by Gasteiger charge is -2.56. The van der Waals surface area contributed by atoms with Gasteiger partial charge in [-0.15, -0.1) is 0 Å². The van der Waals surface area contributed by atoms with Crippen molar-refractivity contribution in [2.45, 2.75) is 43.9 Å². The molecule has 0 aliphatic heterocycles. The Morgan fingerprint density at radius 1 is 1.02 bits per heavy atom. The van der Waals surface area contributed by atoms with Gasteiger partial charge in [-0.25, -0.2) is 0 Å². The summed E-state index contributed by atoms with van der Waals surface area (Å²) < 4.78 is 0. The number of carbonyl (C=O) groups excluding carboxylic acids is 5. The van der Waals surface area contributed by atoms with Crippen LogP contribution in [0, 0.1) is 23.7 Å². The van der Waals surface area contributed by atoms with Crippen LogP contribution < -0.4 is 5.73 Å². The highest BCUT2D eigenvalue weighted by Crippen LogP contribution is 2.54. The van der Waals surface area contributed by atoms with E-state index in [0.29, 0.717) is 11.1 Å². The number of phenolic OH excluding ortho intramolecular Hbond substituents is 1. The first-order chi connectivity index (χ1) is 19.8. The number of aliphatic hydroxyl groups excluding tert-OH is 1. The number of amides is 1. The van der Waals surface area contributed by atoms with Crippen molar-refractivity contribution in [1.29, 1.82) is 0 Å². The van der Waals surface area contributed by atoms with Gasteiger partial charge >= 0.3 is 0 Å². The first-order valence-corrected chi connectivity index (χ1v) is 13.9. The molecule has 10 heteroatoms. The van der Waals surface area contributed by atoms with E-state index in [2.05, 4.69) is 0 Å². The Hall–Kier alpha value is -3.99. The van der Waals surface area contributed by atoms with E-state index < -0.39 is 76.4 Å². The van der Waals surface area contributed by atoms with Crippen LogP contribution in [0.4, 0.5) is 0 Å². The third-order valence-electron chi connectivity index (χ3n) is 9.36. The maximum atomic E-state index is 14.1. The highest BCUT2D eigenvalue weighted by atomic mass is 16.3. The van der Waals surface area contributed by atoms with Gasteiger partial charge in [0.25, 0.3) is 0 Å². The van der Waals surface area contributed by atoms with E-state index in [0.717, 1.165) is 12.0 Å². The Bertz CT molecular complexity index is 1540. The van der Waals surface area contributed by atoms with Gasteiger partial charge in [-0.1, -0.05) is 62.4 Å². The van der Waals surface area contributed by atoms with Crippen molar-refractivity contribution in [3.05, 3.63) is 64.2 Å². The summed E-state index contributed by atoms with van der Waals surface area (Å²) in [5, 5.41) is 34.7. The lowest BCUT2D eigenvalue weighted by Crippen LogP contribution is -2.77. The normalized spacial score (nSPS) is 32.6. The Labute approximate surface area is 242 Å². The SMILES string of the molecule is CCc1ccc(C=Cc2ccc3c(c2O)C(=O)C2C(=O)[C@]4(O)C(=O)C(C(N)=O)C(=O)[C@@H](N(C)C)[C@@H]4[C@@H](O)[C@@H]2[C@H]3C)cc1. The number of nitrogens with two attached hydrogens (primary N) is 1. The Kier molecular flexibility index (Phi) is 7.29. The predicted molar refractivity (Wildman–Crippen MR) is 152 cm³/mol. The molecule has 1 amide bonds. The zero-order chi connectivity index (χ0) is 30.8. The maximum absolute atomic E-state index is 14.1. The monoisotopic (exact) mass is 574 g/mol. The summed E-state index contributed by atoms with van der Waals surface area (Å²) in [7, 11) is 2.91. The Morgan fingerprint density at radius 3 is 2.24 bits per heavy atom. The van der Waals surface area contributed by atoms with Gasteiger partial charge in [-0.2, -0.15) is 0 Å². The first-order valence-electron chi connectivity index (χ1n) is 13.9. The summed E-state index contributed by atoms with van der Waals surface area (Å²) in [5.41, 5.74) is 4.94. The minimum Gasteiger partial charge on any atom is -0.507 e. The van der Waals surface area contributed by atoms with Gasteiger partial charge in [0.15, 0.2) is 34.7 Å². The molecule has 3 aliphatic carbocycles.